The van der Waals surface area contributed by atoms with Gasteiger partial charge in [0, 0.05) is 35.3 Å². The van der Waals surface area contributed by atoms with Crippen LogP contribution in [0.1, 0.15) is 27.4 Å². The van der Waals surface area contributed by atoms with Gasteiger partial charge in [-0.3, -0.25) is 4.79 Å². The van der Waals surface area contributed by atoms with Gasteiger partial charge in [-0.1, -0.05) is 42.1 Å². The Morgan fingerprint density at radius 2 is 1.80 bits per heavy atom. The van der Waals surface area contributed by atoms with Crippen LogP contribution in [-0.4, -0.2) is 26.1 Å². The predicted molar refractivity (Wildman–Crippen MR) is 102 cm³/mol. The highest BCUT2D eigenvalue weighted by Crippen LogP contribution is 2.23. The molecular weight excluding hydrogens is 330 g/mol. The maximum atomic E-state index is 12.6. The minimum absolute atomic E-state index is 0.109. The Morgan fingerprint density at radius 3 is 2.44 bits per heavy atom. The summed E-state index contributed by atoms with van der Waals surface area (Å²) in [5.41, 5.74) is 5.70. The minimum Gasteiger partial charge on any atom is -0.351 e. The molecule has 0 spiro atoms. The maximum Gasteiger partial charge on any atom is 0.188 e. The molecule has 128 valence electrons. The van der Waals surface area contributed by atoms with E-state index < -0.39 is 0 Å². The van der Waals surface area contributed by atoms with Crippen molar-refractivity contribution in [2.45, 2.75) is 25.9 Å². The number of rotatable bonds is 5. The lowest BCUT2D eigenvalue weighted by atomic mass is 10.1. The number of carbonyl (C=O) groups is 1. The van der Waals surface area contributed by atoms with Crippen LogP contribution >= 0.6 is 11.8 Å². The van der Waals surface area contributed by atoms with Crippen LogP contribution in [0.25, 0.3) is 11.3 Å². The number of nitrogens with zero attached hydrogens (tertiary/aromatic N) is 3. The van der Waals surface area contributed by atoms with Crippen molar-refractivity contribution < 1.29 is 4.79 Å². The molecule has 0 saturated carbocycles. The summed E-state index contributed by atoms with van der Waals surface area (Å²) in [6, 6.07) is 13.9. The van der Waals surface area contributed by atoms with Gasteiger partial charge in [0.15, 0.2) is 10.9 Å². The number of thioether (sulfide) groups is 1. The van der Waals surface area contributed by atoms with Crippen LogP contribution in [0.3, 0.4) is 0 Å². The topological polar surface area (TPSA) is 47.8 Å². The second kappa shape index (κ2) is 7.23. The van der Waals surface area contributed by atoms with Crippen LogP contribution in [0.15, 0.2) is 47.6 Å². The second-order valence-electron chi connectivity index (χ2n) is 6.10. The van der Waals surface area contributed by atoms with E-state index in [2.05, 4.69) is 9.97 Å². The van der Waals surface area contributed by atoms with Gasteiger partial charge in [0.2, 0.25) is 0 Å². The van der Waals surface area contributed by atoms with Crippen molar-refractivity contribution in [2.75, 3.05) is 5.75 Å². The summed E-state index contributed by atoms with van der Waals surface area (Å²) in [7, 11) is 1.98. The van der Waals surface area contributed by atoms with Gasteiger partial charge in [-0.15, -0.1) is 0 Å². The molecular formula is C20H21N3OS. The molecule has 0 bridgehead atoms. The standard InChI is InChI=1S/C20H21N3OS/c1-13-10-18(16-8-6-5-7-9-16)22-20(21-13)25-12-19(24)17-11-14(2)23(4)15(17)3/h5-11H,12H2,1-4H3. The van der Waals surface area contributed by atoms with E-state index in [1.807, 2.05) is 74.9 Å². The number of benzene rings is 1. The highest BCUT2D eigenvalue weighted by molar-refractivity contribution is 7.99. The van der Waals surface area contributed by atoms with Crippen LogP contribution in [0.4, 0.5) is 0 Å². The Balaban J connectivity index is 1.78. The molecule has 0 fully saturated rings. The van der Waals surface area contributed by atoms with Crippen LogP contribution in [0.2, 0.25) is 0 Å². The average molecular weight is 351 g/mol. The number of Topliss-reactive ketones (excluding diaryl/α,β-unsaturated/α-hetero) is 1. The van der Waals surface area contributed by atoms with Gasteiger partial charge in [0.1, 0.15) is 0 Å². The molecule has 4 nitrogen and oxygen atoms in total. The zero-order chi connectivity index (χ0) is 18.0. The fourth-order valence-electron chi connectivity index (χ4n) is 2.71. The number of aromatic nitrogens is 3. The van der Waals surface area contributed by atoms with E-state index >= 15 is 0 Å². The van der Waals surface area contributed by atoms with Crippen molar-refractivity contribution in [1.82, 2.24) is 14.5 Å². The summed E-state index contributed by atoms with van der Waals surface area (Å²) in [5, 5.41) is 0.637. The predicted octanol–water partition coefficient (Wildman–Crippen LogP) is 4.38. The first-order chi connectivity index (χ1) is 12.0. The first-order valence-electron chi connectivity index (χ1n) is 8.15. The van der Waals surface area contributed by atoms with Gasteiger partial charge < -0.3 is 4.57 Å². The molecule has 3 rings (SSSR count). The second-order valence-corrected chi connectivity index (χ2v) is 7.04. The van der Waals surface area contributed by atoms with E-state index in [0.29, 0.717) is 10.9 Å². The van der Waals surface area contributed by atoms with E-state index in [-0.39, 0.29) is 5.78 Å². The lowest BCUT2D eigenvalue weighted by Crippen LogP contribution is -2.05. The molecule has 2 aromatic heterocycles. The Bertz CT molecular complexity index is 916. The van der Waals surface area contributed by atoms with Gasteiger partial charge in [-0.2, -0.15) is 0 Å². The van der Waals surface area contributed by atoms with Crippen molar-refractivity contribution >= 4 is 17.5 Å². The van der Waals surface area contributed by atoms with Crippen molar-refractivity contribution in [3.8, 4) is 11.3 Å². The summed E-state index contributed by atoms with van der Waals surface area (Å²) >= 11 is 1.39. The van der Waals surface area contributed by atoms with E-state index in [9.17, 15) is 4.79 Å². The number of aryl methyl sites for hydroxylation is 2. The van der Waals surface area contributed by atoms with Crippen molar-refractivity contribution in [1.29, 1.82) is 0 Å². The molecule has 0 aliphatic heterocycles. The lowest BCUT2D eigenvalue weighted by Gasteiger charge is -2.06. The van der Waals surface area contributed by atoms with Crippen LogP contribution in [0, 0.1) is 20.8 Å². The molecule has 1 aromatic carbocycles. The van der Waals surface area contributed by atoms with Crippen LogP contribution < -0.4 is 0 Å². The monoisotopic (exact) mass is 351 g/mol. The minimum atomic E-state index is 0.109. The van der Waals surface area contributed by atoms with Gasteiger partial charge in [0.05, 0.1) is 11.4 Å². The van der Waals surface area contributed by atoms with Crippen molar-refractivity contribution in [3.05, 3.63) is 65.1 Å². The first-order valence-corrected chi connectivity index (χ1v) is 9.14. The molecule has 25 heavy (non-hydrogen) atoms. The largest absolute Gasteiger partial charge is 0.351 e. The number of hydrogen-bond acceptors (Lipinski definition) is 4. The molecule has 0 aliphatic rings. The summed E-state index contributed by atoms with van der Waals surface area (Å²) in [5.74, 6) is 0.444. The molecule has 5 heteroatoms. The molecule has 0 atom stereocenters. The number of carbonyl (C=O) groups excluding carboxylic acids is 1. The lowest BCUT2D eigenvalue weighted by molar-refractivity contribution is 0.102. The van der Waals surface area contributed by atoms with Crippen molar-refractivity contribution in [3.63, 3.8) is 0 Å². The zero-order valence-electron chi connectivity index (χ0n) is 14.9. The molecule has 3 aromatic rings. The molecule has 0 radical (unpaired) electrons. The summed E-state index contributed by atoms with van der Waals surface area (Å²) < 4.78 is 2.04. The molecule has 0 N–H and O–H groups in total. The smallest absolute Gasteiger partial charge is 0.188 e. The summed E-state index contributed by atoms with van der Waals surface area (Å²) in [6.07, 6.45) is 0. The summed E-state index contributed by atoms with van der Waals surface area (Å²) in [4.78, 5) is 21.6. The van der Waals surface area contributed by atoms with Gasteiger partial charge in [-0.05, 0) is 32.9 Å². The molecule has 2 heterocycles. The SMILES string of the molecule is Cc1cc(-c2ccccc2)nc(SCC(=O)c2cc(C)n(C)c2C)n1. The Morgan fingerprint density at radius 1 is 1.08 bits per heavy atom. The molecule has 0 amide bonds. The molecule has 0 aliphatic carbocycles. The summed E-state index contributed by atoms with van der Waals surface area (Å²) in [6.45, 7) is 5.93. The van der Waals surface area contributed by atoms with E-state index in [0.717, 1.165) is 33.9 Å². The van der Waals surface area contributed by atoms with Gasteiger partial charge in [0.25, 0.3) is 0 Å². The van der Waals surface area contributed by atoms with E-state index in [1.54, 1.807) is 0 Å². The van der Waals surface area contributed by atoms with Crippen LogP contribution in [0.5, 0.6) is 0 Å². The van der Waals surface area contributed by atoms with E-state index in [4.69, 9.17) is 0 Å². The highest BCUT2D eigenvalue weighted by Gasteiger charge is 2.15. The first kappa shape index (κ1) is 17.4. The van der Waals surface area contributed by atoms with Crippen molar-refractivity contribution in [2.24, 2.45) is 7.05 Å². The third-order valence-corrected chi connectivity index (χ3v) is 5.16. The third-order valence-electron chi connectivity index (χ3n) is 4.31. The Kier molecular flexibility index (Phi) is 5.04. The Labute approximate surface area is 152 Å². The fraction of sp³-hybridized carbons (Fsp3) is 0.250. The van der Waals surface area contributed by atoms with E-state index in [1.165, 1.54) is 11.8 Å². The molecule has 0 unspecified atom stereocenters. The van der Waals surface area contributed by atoms with Gasteiger partial charge >= 0.3 is 0 Å². The molecule has 0 saturated heterocycles. The maximum absolute atomic E-state index is 12.6. The van der Waals surface area contributed by atoms with Gasteiger partial charge in [-0.25, -0.2) is 9.97 Å². The van der Waals surface area contributed by atoms with Crippen LogP contribution in [-0.2, 0) is 7.05 Å². The quantitative estimate of drug-likeness (QED) is 0.389. The average Bonchev–Trinajstić information content (AvgIpc) is 2.87. The number of ketones is 1. The third kappa shape index (κ3) is 3.82. The Hall–Kier alpha value is -2.40. The normalized spacial score (nSPS) is 10.9. The number of hydrogen-bond donors (Lipinski definition) is 0. The highest BCUT2D eigenvalue weighted by atomic mass is 32.2. The fourth-order valence-corrected chi connectivity index (χ4v) is 3.50. The zero-order valence-corrected chi connectivity index (χ0v) is 15.7.